The smallest absolute Gasteiger partial charge is 0.272 e. The number of nitro groups is 1. The van der Waals surface area contributed by atoms with Gasteiger partial charge in [0.05, 0.1) is 27.2 Å². The third-order valence-electron chi connectivity index (χ3n) is 2.86. The van der Waals surface area contributed by atoms with Gasteiger partial charge in [-0.15, -0.1) is 10.2 Å². The van der Waals surface area contributed by atoms with E-state index in [2.05, 4.69) is 15.5 Å². The molecule has 2 rings (SSSR count). The Balaban J connectivity index is 2.20. The van der Waals surface area contributed by atoms with Crippen LogP contribution in [-0.2, 0) is 6.54 Å². The summed E-state index contributed by atoms with van der Waals surface area (Å²) in [5.41, 5.74) is 0.281. The van der Waals surface area contributed by atoms with Crippen LogP contribution in [0.5, 0.6) is 0 Å². The van der Waals surface area contributed by atoms with Crippen LogP contribution in [0.1, 0.15) is 25.7 Å². The van der Waals surface area contributed by atoms with Crippen molar-refractivity contribution in [1.29, 1.82) is 0 Å². The molecule has 0 bridgehead atoms. The Labute approximate surface area is 131 Å². The van der Waals surface area contributed by atoms with E-state index in [0.717, 1.165) is 5.82 Å². The number of hydrogen-bond acceptors (Lipinski definition) is 5. The Bertz CT molecular complexity index is 648. The Kier molecular flexibility index (Phi) is 4.64. The fourth-order valence-electron chi connectivity index (χ4n) is 1.83. The second kappa shape index (κ2) is 6.28. The molecule has 7 nitrogen and oxygen atoms in total. The van der Waals surface area contributed by atoms with Crippen molar-refractivity contribution in [2.24, 2.45) is 0 Å². The van der Waals surface area contributed by atoms with Gasteiger partial charge in [-0.25, -0.2) is 0 Å². The molecule has 1 aromatic carbocycles. The highest BCUT2D eigenvalue weighted by molar-refractivity contribution is 6.39. The van der Waals surface area contributed by atoms with E-state index < -0.39 is 4.92 Å². The van der Waals surface area contributed by atoms with Gasteiger partial charge in [0.2, 0.25) is 0 Å². The SMILES string of the molecule is CC(C)n1cnnc1CNc1c(Cl)cc([N+](=O)[O-])cc1Cl. The fourth-order valence-corrected chi connectivity index (χ4v) is 2.44. The number of halogens is 2. The van der Waals surface area contributed by atoms with Gasteiger partial charge in [0.1, 0.15) is 6.33 Å². The van der Waals surface area contributed by atoms with E-state index in [9.17, 15) is 10.1 Å². The molecule has 0 saturated carbocycles. The zero-order valence-corrected chi connectivity index (χ0v) is 12.9. The summed E-state index contributed by atoms with van der Waals surface area (Å²) in [5, 5.41) is 22.0. The molecule has 0 radical (unpaired) electrons. The van der Waals surface area contributed by atoms with Crippen molar-refractivity contribution in [2.75, 3.05) is 5.32 Å². The monoisotopic (exact) mass is 329 g/mol. The first kappa shape index (κ1) is 15.5. The highest BCUT2D eigenvalue weighted by atomic mass is 35.5. The minimum absolute atomic E-state index is 0.152. The molecule has 21 heavy (non-hydrogen) atoms. The second-order valence-electron chi connectivity index (χ2n) is 4.64. The summed E-state index contributed by atoms with van der Waals surface area (Å²) in [6, 6.07) is 2.73. The molecule has 0 unspecified atom stereocenters. The molecule has 0 aliphatic carbocycles. The first-order valence-corrected chi connectivity index (χ1v) is 6.91. The van der Waals surface area contributed by atoms with Crippen molar-refractivity contribution in [1.82, 2.24) is 14.8 Å². The van der Waals surface area contributed by atoms with Gasteiger partial charge in [0.15, 0.2) is 5.82 Å². The Morgan fingerprint density at radius 1 is 1.38 bits per heavy atom. The second-order valence-corrected chi connectivity index (χ2v) is 5.46. The number of hydrogen-bond donors (Lipinski definition) is 1. The summed E-state index contributed by atoms with van der Waals surface area (Å²) >= 11 is 12.1. The highest BCUT2D eigenvalue weighted by Crippen LogP contribution is 2.34. The van der Waals surface area contributed by atoms with Crippen molar-refractivity contribution in [3.05, 3.63) is 44.4 Å². The number of benzene rings is 1. The lowest BCUT2D eigenvalue weighted by molar-refractivity contribution is -0.384. The van der Waals surface area contributed by atoms with E-state index in [1.165, 1.54) is 12.1 Å². The predicted octanol–water partition coefficient (Wildman–Crippen LogP) is 3.69. The largest absolute Gasteiger partial charge is 0.375 e. The number of aromatic nitrogens is 3. The zero-order valence-electron chi connectivity index (χ0n) is 11.4. The van der Waals surface area contributed by atoms with Crippen LogP contribution in [0.2, 0.25) is 10.0 Å². The number of non-ortho nitro benzene ring substituents is 1. The lowest BCUT2D eigenvalue weighted by atomic mass is 10.2. The lowest BCUT2D eigenvalue weighted by Crippen LogP contribution is -2.10. The van der Waals surface area contributed by atoms with E-state index in [1.807, 2.05) is 18.4 Å². The van der Waals surface area contributed by atoms with Gasteiger partial charge in [-0.1, -0.05) is 23.2 Å². The van der Waals surface area contributed by atoms with Crippen LogP contribution in [0.25, 0.3) is 0 Å². The summed E-state index contributed by atoms with van der Waals surface area (Å²) in [7, 11) is 0. The van der Waals surface area contributed by atoms with Gasteiger partial charge < -0.3 is 9.88 Å². The molecular weight excluding hydrogens is 317 g/mol. The molecule has 0 fully saturated rings. The Morgan fingerprint density at radius 3 is 2.52 bits per heavy atom. The minimum Gasteiger partial charge on any atom is -0.375 e. The molecule has 0 atom stereocenters. The molecule has 0 spiro atoms. The Hall–Kier alpha value is -1.86. The van der Waals surface area contributed by atoms with E-state index in [1.54, 1.807) is 6.33 Å². The highest BCUT2D eigenvalue weighted by Gasteiger charge is 2.15. The topological polar surface area (TPSA) is 85.9 Å². The van der Waals surface area contributed by atoms with E-state index in [-0.39, 0.29) is 21.8 Å². The van der Waals surface area contributed by atoms with Crippen LogP contribution in [0, 0.1) is 10.1 Å². The quantitative estimate of drug-likeness (QED) is 0.667. The van der Waals surface area contributed by atoms with E-state index >= 15 is 0 Å². The van der Waals surface area contributed by atoms with Crippen LogP contribution >= 0.6 is 23.2 Å². The summed E-state index contributed by atoms with van der Waals surface area (Å²) in [6.45, 7) is 4.38. The van der Waals surface area contributed by atoms with E-state index in [4.69, 9.17) is 23.2 Å². The lowest BCUT2D eigenvalue weighted by Gasteiger charge is -2.13. The normalized spacial score (nSPS) is 10.9. The number of rotatable bonds is 5. The van der Waals surface area contributed by atoms with Gasteiger partial charge in [-0.05, 0) is 13.8 Å². The van der Waals surface area contributed by atoms with Crippen LogP contribution in [0.4, 0.5) is 11.4 Å². The van der Waals surface area contributed by atoms with Crippen molar-refractivity contribution in [3.8, 4) is 0 Å². The molecular formula is C12H13Cl2N5O2. The zero-order chi connectivity index (χ0) is 15.6. The molecule has 112 valence electrons. The maximum atomic E-state index is 10.7. The van der Waals surface area contributed by atoms with Crippen LogP contribution in [0.3, 0.4) is 0 Å². The van der Waals surface area contributed by atoms with Crippen molar-refractivity contribution in [3.63, 3.8) is 0 Å². The molecule has 9 heteroatoms. The maximum absolute atomic E-state index is 10.7. The van der Waals surface area contributed by atoms with Crippen molar-refractivity contribution >= 4 is 34.6 Å². The molecule has 2 aromatic rings. The fraction of sp³-hybridized carbons (Fsp3) is 0.333. The average molecular weight is 330 g/mol. The van der Waals surface area contributed by atoms with E-state index in [0.29, 0.717) is 12.2 Å². The molecule has 0 aliphatic heterocycles. The third kappa shape index (κ3) is 3.43. The van der Waals surface area contributed by atoms with Crippen LogP contribution in [-0.4, -0.2) is 19.7 Å². The first-order valence-electron chi connectivity index (χ1n) is 6.16. The number of anilines is 1. The summed E-state index contributed by atoms with van der Waals surface area (Å²) < 4.78 is 1.90. The molecule has 0 aliphatic rings. The first-order chi connectivity index (χ1) is 9.90. The predicted molar refractivity (Wildman–Crippen MR) is 80.9 cm³/mol. The summed E-state index contributed by atoms with van der Waals surface area (Å²) in [6.07, 6.45) is 1.64. The summed E-state index contributed by atoms with van der Waals surface area (Å²) in [5.74, 6) is 0.718. The van der Waals surface area contributed by atoms with Gasteiger partial charge in [0, 0.05) is 18.2 Å². The molecule has 1 heterocycles. The Morgan fingerprint density at radius 2 is 2.00 bits per heavy atom. The van der Waals surface area contributed by atoms with Gasteiger partial charge in [-0.3, -0.25) is 10.1 Å². The minimum atomic E-state index is -0.545. The molecule has 1 aromatic heterocycles. The van der Waals surface area contributed by atoms with Gasteiger partial charge in [0.25, 0.3) is 5.69 Å². The van der Waals surface area contributed by atoms with Crippen molar-refractivity contribution < 1.29 is 4.92 Å². The maximum Gasteiger partial charge on any atom is 0.272 e. The van der Waals surface area contributed by atoms with Gasteiger partial charge in [-0.2, -0.15) is 0 Å². The number of nitrogens with one attached hydrogen (secondary N) is 1. The number of nitrogens with zero attached hydrogens (tertiary/aromatic N) is 4. The number of nitro benzene ring substituents is 1. The van der Waals surface area contributed by atoms with Gasteiger partial charge >= 0.3 is 0 Å². The third-order valence-corrected chi connectivity index (χ3v) is 3.46. The average Bonchev–Trinajstić information content (AvgIpc) is 2.86. The van der Waals surface area contributed by atoms with Crippen LogP contribution in [0.15, 0.2) is 18.5 Å². The summed E-state index contributed by atoms with van der Waals surface area (Å²) in [4.78, 5) is 10.2. The molecule has 0 saturated heterocycles. The molecule has 1 N–H and O–H groups in total. The van der Waals surface area contributed by atoms with Crippen LogP contribution < -0.4 is 5.32 Å². The van der Waals surface area contributed by atoms with Crippen molar-refractivity contribution in [2.45, 2.75) is 26.4 Å². The standard InChI is InChI=1S/C12H13Cl2N5O2/c1-7(2)18-6-16-17-11(18)5-15-12-9(13)3-8(19(20)21)4-10(12)14/h3-4,6-7,15H,5H2,1-2H3. The molecule has 0 amide bonds.